The van der Waals surface area contributed by atoms with Gasteiger partial charge in [-0.25, -0.2) is 4.99 Å². The predicted octanol–water partition coefficient (Wildman–Crippen LogP) is -0.284. The van der Waals surface area contributed by atoms with Gasteiger partial charge in [0.25, 0.3) is 0 Å². The number of hydrogen-bond acceptors (Lipinski definition) is 3. The second kappa shape index (κ2) is 6.38. The van der Waals surface area contributed by atoms with E-state index in [2.05, 4.69) is 17.1 Å². The van der Waals surface area contributed by atoms with Gasteiger partial charge in [-0.2, -0.15) is 8.42 Å². The fraction of sp³-hybridized carbons (Fsp3) is 0.571. The molecule has 0 aliphatic heterocycles. The van der Waals surface area contributed by atoms with Crippen LogP contribution in [0.3, 0.4) is 0 Å². The summed E-state index contributed by atoms with van der Waals surface area (Å²) >= 11 is 0. The fourth-order valence-electron chi connectivity index (χ4n) is 1.09. The van der Waals surface area contributed by atoms with Crippen molar-refractivity contribution < 1.29 is 17.5 Å². The third kappa shape index (κ3) is 12.9. The number of guanidine groups is 1. The summed E-state index contributed by atoms with van der Waals surface area (Å²) in [5, 5.41) is 0. The topological polar surface area (TPSA) is 139 Å². The summed E-state index contributed by atoms with van der Waals surface area (Å²) in [6, 6.07) is 0.235. The highest BCUT2D eigenvalue weighted by Gasteiger charge is 2.05. The normalized spacial score (nSPS) is 20.0. The third-order valence-electron chi connectivity index (χ3n) is 1.54. The first-order valence-electron chi connectivity index (χ1n) is 4.24. The van der Waals surface area contributed by atoms with Gasteiger partial charge < -0.3 is 11.5 Å². The standard InChI is InChI=1S/C7H13N3.H2O4S/c8-7(9)10-6-4-2-1-3-5-6;1-5(2,3)4/h2,4,6H,1,3,5H2,(H4,8,9,10);(H2,1,2,3,4). The van der Waals surface area contributed by atoms with Gasteiger partial charge in [-0.1, -0.05) is 12.2 Å². The van der Waals surface area contributed by atoms with E-state index >= 15 is 0 Å². The summed E-state index contributed by atoms with van der Waals surface area (Å²) in [5.74, 6) is 0.191. The minimum absolute atomic E-state index is 0.191. The van der Waals surface area contributed by atoms with Crippen LogP contribution < -0.4 is 11.5 Å². The summed E-state index contributed by atoms with van der Waals surface area (Å²) in [6.07, 6.45) is 7.62. The molecule has 0 radical (unpaired) electrons. The van der Waals surface area contributed by atoms with Gasteiger partial charge in [0.1, 0.15) is 0 Å². The number of hydrogen-bond donors (Lipinski definition) is 4. The molecule has 15 heavy (non-hydrogen) atoms. The Morgan fingerprint density at radius 3 is 2.27 bits per heavy atom. The molecule has 0 saturated carbocycles. The van der Waals surface area contributed by atoms with Gasteiger partial charge in [-0.3, -0.25) is 9.11 Å². The van der Waals surface area contributed by atoms with Crippen molar-refractivity contribution in [1.82, 2.24) is 0 Å². The second-order valence-corrected chi connectivity index (χ2v) is 3.82. The average Bonchev–Trinajstić information content (AvgIpc) is 2.01. The zero-order chi connectivity index (χ0) is 11.9. The largest absolute Gasteiger partial charge is 0.394 e. The number of rotatable bonds is 1. The molecule has 0 aromatic carbocycles. The molecule has 1 atom stereocenters. The highest BCUT2D eigenvalue weighted by molar-refractivity contribution is 7.79. The molecule has 8 heteroatoms. The molecule has 1 aliphatic carbocycles. The van der Waals surface area contributed by atoms with Gasteiger partial charge in [0, 0.05) is 0 Å². The summed E-state index contributed by atoms with van der Waals surface area (Å²) in [5.41, 5.74) is 10.4. The van der Waals surface area contributed by atoms with Crippen LogP contribution in [0, 0.1) is 0 Å². The molecule has 6 N–H and O–H groups in total. The lowest BCUT2D eigenvalue weighted by Crippen LogP contribution is -2.25. The highest BCUT2D eigenvalue weighted by Crippen LogP contribution is 2.12. The van der Waals surface area contributed by atoms with Gasteiger partial charge >= 0.3 is 10.4 Å². The fourth-order valence-corrected chi connectivity index (χ4v) is 1.09. The minimum atomic E-state index is -4.67. The van der Waals surface area contributed by atoms with Crippen molar-refractivity contribution in [2.75, 3.05) is 0 Å². The average molecular weight is 237 g/mol. The molecule has 0 saturated heterocycles. The van der Waals surface area contributed by atoms with E-state index in [0.29, 0.717) is 0 Å². The SMILES string of the molecule is NC(N)=NC1C=CCCC1.O=S(=O)(O)O. The maximum Gasteiger partial charge on any atom is 0.394 e. The molecular formula is C7H15N3O4S. The summed E-state index contributed by atoms with van der Waals surface area (Å²) in [7, 11) is -4.67. The van der Waals surface area contributed by atoms with E-state index in [9.17, 15) is 0 Å². The van der Waals surface area contributed by atoms with Gasteiger partial charge in [0.2, 0.25) is 0 Å². The molecule has 88 valence electrons. The van der Waals surface area contributed by atoms with Crippen LogP contribution in [0.15, 0.2) is 17.1 Å². The van der Waals surface area contributed by atoms with Crippen LogP contribution in [0.2, 0.25) is 0 Å². The van der Waals surface area contributed by atoms with Crippen molar-refractivity contribution in [3.05, 3.63) is 12.2 Å². The van der Waals surface area contributed by atoms with Gasteiger partial charge in [0.15, 0.2) is 5.96 Å². The zero-order valence-electron chi connectivity index (χ0n) is 8.07. The molecule has 0 spiro atoms. The van der Waals surface area contributed by atoms with Crippen LogP contribution in [-0.4, -0.2) is 29.5 Å². The van der Waals surface area contributed by atoms with E-state index in [0.717, 1.165) is 12.8 Å². The summed E-state index contributed by atoms with van der Waals surface area (Å²) in [6.45, 7) is 0. The lowest BCUT2D eigenvalue weighted by Gasteiger charge is -2.10. The smallest absolute Gasteiger partial charge is 0.370 e. The Morgan fingerprint density at radius 2 is 1.93 bits per heavy atom. The van der Waals surface area contributed by atoms with E-state index in [4.69, 9.17) is 29.0 Å². The van der Waals surface area contributed by atoms with Crippen LogP contribution in [0.1, 0.15) is 19.3 Å². The van der Waals surface area contributed by atoms with E-state index < -0.39 is 10.4 Å². The first-order valence-corrected chi connectivity index (χ1v) is 5.64. The number of nitrogens with zero attached hydrogens (tertiary/aromatic N) is 1. The van der Waals surface area contributed by atoms with Crippen molar-refractivity contribution in [2.45, 2.75) is 25.3 Å². The molecule has 0 bridgehead atoms. The summed E-state index contributed by atoms with van der Waals surface area (Å²) < 4.78 is 31.6. The van der Waals surface area contributed by atoms with Gasteiger partial charge in [-0.05, 0) is 19.3 Å². The van der Waals surface area contributed by atoms with Crippen molar-refractivity contribution in [3.63, 3.8) is 0 Å². The molecule has 1 rings (SSSR count). The van der Waals surface area contributed by atoms with Gasteiger partial charge in [0.05, 0.1) is 6.04 Å². The lowest BCUT2D eigenvalue weighted by molar-refractivity contribution is 0.381. The molecule has 7 nitrogen and oxygen atoms in total. The quantitative estimate of drug-likeness (QED) is 0.214. The number of nitrogens with two attached hydrogens (primary N) is 2. The lowest BCUT2D eigenvalue weighted by atomic mass is 10.0. The monoisotopic (exact) mass is 237 g/mol. The second-order valence-electron chi connectivity index (χ2n) is 2.93. The zero-order valence-corrected chi connectivity index (χ0v) is 8.89. The number of allylic oxidation sites excluding steroid dienone is 1. The first kappa shape index (κ1) is 13.9. The van der Waals surface area contributed by atoms with E-state index in [1.807, 2.05) is 0 Å². The Balaban J connectivity index is 0.000000336. The Labute approximate surface area is 88.4 Å². The molecule has 1 aliphatic rings. The molecule has 0 aromatic rings. The number of aliphatic imine (C=N–C) groups is 1. The Morgan fingerprint density at radius 1 is 1.40 bits per heavy atom. The highest BCUT2D eigenvalue weighted by atomic mass is 32.3. The van der Waals surface area contributed by atoms with Crippen LogP contribution >= 0.6 is 0 Å². The van der Waals surface area contributed by atoms with Crippen molar-refractivity contribution in [3.8, 4) is 0 Å². The van der Waals surface area contributed by atoms with Crippen molar-refractivity contribution in [2.24, 2.45) is 16.5 Å². The molecule has 1 unspecified atom stereocenters. The van der Waals surface area contributed by atoms with E-state index in [1.54, 1.807) is 0 Å². The van der Waals surface area contributed by atoms with Crippen molar-refractivity contribution in [1.29, 1.82) is 0 Å². The minimum Gasteiger partial charge on any atom is -0.370 e. The van der Waals surface area contributed by atoms with E-state index in [1.165, 1.54) is 6.42 Å². The van der Waals surface area contributed by atoms with Crippen LogP contribution in [0.25, 0.3) is 0 Å². The maximum atomic E-state index is 8.74. The molecular weight excluding hydrogens is 222 g/mol. The molecule has 0 aromatic heterocycles. The third-order valence-corrected chi connectivity index (χ3v) is 1.54. The van der Waals surface area contributed by atoms with Crippen LogP contribution in [0.4, 0.5) is 0 Å². The van der Waals surface area contributed by atoms with Crippen LogP contribution in [-0.2, 0) is 10.4 Å². The van der Waals surface area contributed by atoms with Crippen molar-refractivity contribution >= 4 is 16.4 Å². The van der Waals surface area contributed by atoms with E-state index in [-0.39, 0.29) is 12.0 Å². The van der Waals surface area contributed by atoms with Gasteiger partial charge in [-0.15, -0.1) is 0 Å². The molecule has 0 heterocycles. The Kier molecular flexibility index (Phi) is 5.90. The predicted molar refractivity (Wildman–Crippen MR) is 56.8 cm³/mol. The Hall–Kier alpha value is -1.12. The molecule has 0 amide bonds. The maximum absolute atomic E-state index is 8.74. The molecule has 0 fully saturated rings. The van der Waals surface area contributed by atoms with Crippen LogP contribution in [0.5, 0.6) is 0 Å². The Bertz CT molecular complexity index is 324. The first-order chi connectivity index (χ1) is 6.79. The summed E-state index contributed by atoms with van der Waals surface area (Å²) in [4.78, 5) is 4.02.